The first-order chi connectivity index (χ1) is 16.6. The van der Waals surface area contributed by atoms with Crippen molar-refractivity contribution in [2.24, 2.45) is 0 Å². The summed E-state index contributed by atoms with van der Waals surface area (Å²) >= 11 is 1.52. The second-order valence-corrected chi connectivity index (χ2v) is 9.60. The molecule has 0 spiro atoms. The Hall–Kier alpha value is -3.10. The highest BCUT2D eigenvalue weighted by Gasteiger charge is 2.52. The summed E-state index contributed by atoms with van der Waals surface area (Å²) in [5.41, 5.74) is 1.52. The van der Waals surface area contributed by atoms with Gasteiger partial charge in [-0.3, -0.25) is 9.69 Å². The minimum absolute atomic E-state index is 0.00181. The van der Waals surface area contributed by atoms with Gasteiger partial charge in [0.15, 0.2) is 16.6 Å². The van der Waals surface area contributed by atoms with E-state index in [1.807, 2.05) is 42.6 Å². The van der Waals surface area contributed by atoms with Crippen LogP contribution < -0.4 is 19.5 Å². The van der Waals surface area contributed by atoms with Crippen LogP contribution in [0.2, 0.25) is 0 Å². The van der Waals surface area contributed by atoms with Gasteiger partial charge >= 0.3 is 0 Å². The largest absolute Gasteiger partial charge is 0.496 e. The lowest BCUT2D eigenvalue weighted by Gasteiger charge is -2.30. The van der Waals surface area contributed by atoms with E-state index in [1.54, 1.807) is 7.11 Å². The topological polar surface area (TPSA) is 72.9 Å². The van der Waals surface area contributed by atoms with Crippen LogP contribution in [-0.4, -0.2) is 42.8 Å². The molecular weight excluding hydrogens is 450 g/mol. The molecule has 0 saturated heterocycles. The molecule has 1 aromatic heterocycles. The minimum Gasteiger partial charge on any atom is -0.496 e. The van der Waals surface area contributed by atoms with Crippen molar-refractivity contribution in [2.45, 2.75) is 38.1 Å². The molecule has 8 heteroatoms. The van der Waals surface area contributed by atoms with Crippen LogP contribution in [0.1, 0.15) is 48.7 Å². The zero-order valence-corrected chi connectivity index (χ0v) is 20.5. The first kappa shape index (κ1) is 22.7. The van der Waals surface area contributed by atoms with Gasteiger partial charge in [0, 0.05) is 16.6 Å². The highest BCUT2D eigenvalue weighted by atomic mass is 32.1. The maximum atomic E-state index is 13.3. The predicted octanol–water partition coefficient (Wildman–Crippen LogP) is 4.98. The fraction of sp³-hybridized carbons (Fsp3) is 0.385. The van der Waals surface area contributed by atoms with Gasteiger partial charge in [0.05, 0.1) is 18.6 Å². The van der Waals surface area contributed by atoms with Gasteiger partial charge in [0.25, 0.3) is 0 Å². The predicted molar refractivity (Wildman–Crippen MR) is 132 cm³/mol. The lowest BCUT2D eigenvalue weighted by molar-refractivity contribution is -0.118. The quantitative estimate of drug-likeness (QED) is 0.467. The molecular formula is C26H29N3O4S. The van der Waals surface area contributed by atoms with Gasteiger partial charge in [-0.2, -0.15) is 0 Å². The van der Waals surface area contributed by atoms with E-state index in [1.165, 1.54) is 11.3 Å². The third-order valence-corrected chi connectivity index (χ3v) is 7.70. The Balaban J connectivity index is 1.39. The number of hydrogen-bond acceptors (Lipinski definition) is 7. The van der Waals surface area contributed by atoms with Gasteiger partial charge in [-0.05, 0) is 49.7 Å². The van der Waals surface area contributed by atoms with Crippen LogP contribution in [0.4, 0.5) is 5.13 Å². The summed E-state index contributed by atoms with van der Waals surface area (Å²) in [6.07, 6.45) is 3.48. The van der Waals surface area contributed by atoms with Crippen molar-refractivity contribution in [3.05, 3.63) is 64.7 Å². The number of para-hydroxylation sites is 1. The van der Waals surface area contributed by atoms with Crippen LogP contribution >= 0.6 is 11.3 Å². The average molecular weight is 480 g/mol. The van der Waals surface area contributed by atoms with E-state index in [0.29, 0.717) is 10.9 Å². The Morgan fingerprint density at radius 1 is 1.18 bits per heavy atom. The summed E-state index contributed by atoms with van der Waals surface area (Å²) < 4.78 is 16.6. The van der Waals surface area contributed by atoms with Crippen LogP contribution in [0.5, 0.6) is 17.2 Å². The molecule has 178 valence electrons. The summed E-state index contributed by atoms with van der Waals surface area (Å²) in [7, 11) is 1.70. The number of thiazole rings is 1. The molecule has 1 atom stereocenters. The Morgan fingerprint density at radius 3 is 2.68 bits per heavy atom. The number of methoxy groups -OCH3 is 1. The number of benzene rings is 2. The zero-order valence-electron chi connectivity index (χ0n) is 19.7. The van der Waals surface area contributed by atoms with E-state index >= 15 is 0 Å². The van der Waals surface area contributed by atoms with Crippen LogP contribution in [0.3, 0.4) is 0 Å². The van der Waals surface area contributed by atoms with E-state index < -0.39 is 5.41 Å². The van der Waals surface area contributed by atoms with E-state index in [-0.39, 0.29) is 18.7 Å². The molecule has 2 heterocycles. The number of fused-ring (bicyclic) bond motifs is 1. The highest BCUT2D eigenvalue weighted by molar-refractivity contribution is 7.15. The number of anilines is 1. The number of carbonyl (C=O) groups excluding carboxylic acids is 1. The molecule has 5 rings (SSSR count). The Bertz CT molecular complexity index is 1190. The number of amides is 1. The molecule has 1 aliphatic heterocycles. The van der Waals surface area contributed by atoms with Crippen molar-refractivity contribution in [2.75, 3.05) is 32.3 Å². The lowest BCUT2D eigenvalue weighted by Crippen LogP contribution is -2.29. The smallest absolute Gasteiger partial charge is 0.236 e. The standard InChI is InChI=1S/C26H29N3O4S/c1-4-29(5-2)23(18-8-6-7-9-19(18)31-3)22-15-27-25(34-22)28-24(30)26(12-13-26)17-10-11-20-21(14-17)33-16-32-20/h6-11,14-15,23H,4-5,12-13,16H2,1-3H3,(H,27,28,30). The number of nitrogens with zero attached hydrogens (tertiary/aromatic N) is 2. The SMILES string of the molecule is CCN(CC)C(c1cnc(NC(=O)C2(c3ccc4c(c3)OCO4)CC2)s1)c1ccccc1OC. The maximum Gasteiger partial charge on any atom is 0.236 e. The van der Waals surface area contributed by atoms with E-state index in [9.17, 15) is 4.79 Å². The van der Waals surface area contributed by atoms with Gasteiger partial charge in [-0.25, -0.2) is 4.98 Å². The second kappa shape index (κ2) is 9.27. The monoisotopic (exact) mass is 479 g/mol. The normalized spacial score (nSPS) is 16.4. The lowest BCUT2D eigenvalue weighted by atomic mass is 9.94. The number of ether oxygens (including phenoxy) is 3. The third kappa shape index (κ3) is 4.01. The fourth-order valence-corrected chi connectivity index (χ4v) is 5.63. The first-order valence-electron chi connectivity index (χ1n) is 11.6. The molecule has 34 heavy (non-hydrogen) atoms. The molecule has 2 aliphatic rings. The number of rotatable bonds is 9. The second-order valence-electron chi connectivity index (χ2n) is 8.54. The zero-order chi connectivity index (χ0) is 23.7. The van der Waals surface area contributed by atoms with E-state index in [0.717, 1.165) is 53.4 Å². The van der Waals surface area contributed by atoms with Crippen molar-refractivity contribution >= 4 is 22.4 Å². The summed E-state index contributed by atoms with van der Waals surface area (Å²) in [4.78, 5) is 21.4. The third-order valence-electron chi connectivity index (χ3n) is 6.73. The summed E-state index contributed by atoms with van der Waals surface area (Å²) in [6, 6.07) is 13.9. The molecule has 1 unspecified atom stereocenters. The Labute approximate surface area is 203 Å². The molecule has 0 bridgehead atoms. The first-order valence-corrected chi connectivity index (χ1v) is 12.5. The van der Waals surface area contributed by atoms with Crippen molar-refractivity contribution in [1.29, 1.82) is 0 Å². The summed E-state index contributed by atoms with van der Waals surface area (Å²) in [6.45, 7) is 6.29. The maximum absolute atomic E-state index is 13.3. The fourth-order valence-electron chi connectivity index (χ4n) is 4.66. The van der Waals surface area contributed by atoms with E-state index in [4.69, 9.17) is 14.2 Å². The summed E-state index contributed by atoms with van der Waals surface area (Å²) in [5.74, 6) is 2.25. The molecule has 1 amide bonds. The van der Waals surface area contributed by atoms with Crippen LogP contribution in [-0.2, 0) is 10.2 Å². The Kier molecular flexibility index (Phi) is 6.18. The molecule has 1 saturated carbocycles. The molecule has 1 N–H and O–H groups in total. The van der Waals surface area contributed by atoms with E-state index in [2.05, 4.69) is 35.1 Å². The van der Waals surface area contributed by atoms with Gasteiger partial charge in [0.2, 0.25) is 12.7 Å². The molecule has 0 radical (unpaired) electrons. The highest BCUT2D eigenvalue weighted by Crippen LogP contribution is 2.51. The average Bonchev–Trinajstić information content (AvgIpc) is 3.33. The van der Waals surface area contributed by atoms with Crippen LogP contribution in [0.25, 0.3) is 0 Å². The van der Waals surface area contributed by atoms with Crippen molar-refractivity contribution in [3.63, 3.8) is 0 Å². The number of nitrogens with one attached hydrogen (secondary N) is 1. The molecule has 1 aliphatic carbocycles. The number of carbonyl (C=O) groups is 1. The molecule has 3 aromatic rings. The number of aromatic nitrogens is 1. The molecule has 7 nitrogen and oxygen atoms in total. The van der Waals surface area contributed by atoms with Gasteiger partial charge < -0.3 is 19.5 Å². The Morgan fingerprint density at radius 2 is 1.94 bits per heavy atom. The van der Waals surface area contributed by atoms with Gasteiger partial charge in [-0.15, -0.1) is 0 Å². The van der Waals surface area contributed by atoms with Crippen LogP contribution in [0.15, 0.2) is 48.7 Å². The van der Waals surface area contributed by atoms with Gasteiger partial charge in [0.1, 0.15) is 5.75 Å². The van der Waals surface area contributed by atoms with Crippen LogP contribution in [0, 0.1) is 0 Å². The van der Waals surface area contributed by atoms with Crippen molar-refractivity contribution in [3.8, 4) is 17.2 Å². The minimum atomic E-state index is -0.534. The van der Waals surface area contributed by atoms with Gasteiger partial charge in [-0.1, -0.05) is 49.4 Å². The molecule has 1 fully saturated rings. The van der Waals surface area contributed by atoms with Crippen molar-refractivity contribution < 1.29 is 19.0 Å². The van der Waals surface area contributed by atoms with Crippen molar-refractivity contribution in [1.82, 2.24) is 9.88 Å². The molecule has 2 aromatic carbocycles. The summed E-state index contributed by atoms with van der Waals surface area (Å²) in [5, 5.41) is 3.70. The number of hydrogen-bond donors (Lipinski definition) is 1.